The van der Waals surface area contributed by atoms with E-state index in [1.54, 1.807) is 0 Å². The Labute approximate surface area is 196 Å². The molecule has 0 atom stereocenters. The minimum absolute atomic E-state index is 0. The van der Waals surface area contributed by atoms with Crippen LogP contribution in [0.5, 0.6) is 0 Å². The maximum Gasteiger partial charge on any atom is 1.00 e. The van der Waals surface area contributed by atoms with Gasteiger partial charge in [0.05, 0.1) is 0 Å². The summed E-state index contributed by atoms with van der Waals surface area (Å²) in [4.78, 5) is 0. The van der Waals surface area contributed by atoms with Gasteiger partial charge >= 0.3 is 18.9 Å². The molecule has 0 aliphatic heterocycles. The fourth-order valence-electron chi connectivity index (χ4n) is 4.17. The van der Waals surface area contributed by atoms with Gasteiger partial charge in [-0.1, -0.05) is 137 Å². The van der Waals surface area contributed by atoms with E-state index in [-0.39, 0.29) is 35.7 Å². The average molecular weight is 409 g/mol. The van der Waals surface area contributed by atoms with Crippen LogP contribution in [0.4, 0.5) is 5.69 Å². The standard InChI is InChI=1S/C27H33NP.Li/c1-26(2,3)25(27(4,5)6)28-23-19-13-14-20-24(23)29(21-15-9-7-10-16-21)22-17-11-8-12-18-22;/h7-20,25H,1-6H3;/q-1;+1. The molecular weight excluding hydrogens is 376 g/mol. The van der Waals surface area contributed by atoms with Crippen molar-refractivity contribution in [1.29, 1.82) is 0 Å². The van der Waals surface area contributed by atoms with Gasteiger partial charge in [-0.2, -0.15) is 0 Å². The summed E-state index contributed by atoms with van der Waals surface area (Å²) in [5.74, 6) is 0. The Hall–Kier alpha value is -1.51. The molecule has 0 N–H and O–H groups in total. The third-order valence-electron chi connectivity index (χ3n) is 5.06. The number of para-hydroxylation sites is 1. The van der Waals surface area contributed by atoms with Crippen molar-refractivity contribution >= 4 is 29.5 Å². The largest absolute Gasteiger partial charge is 1.00 e. The number of hydrogen-bond donors (Lipinski definition) is 0. The van der Waals surface area contributed by atoms with Gasteiger partial charge in [0.15, 0.2) is 0 Å². The Kier molecular flexibility index (Phi) is 8.41. The first-order chi connectivity index (χ1) is 13.7. The van der Waals surface area contributed by atoms with Crippen molar-refractivity contribution in [2.45, 2.75) is 47.6 Å². The molecule has 3 aromatic carbocycles. The molecule has 0 saturated heterocycles. The van der Waals surface area contributed by atoms with Crippen LogP contribution in [0.3, 0.4) is 0 Å². The van der Waals surface area contributed by atoms with Crippen molar-refractivity contribution in [3.05, 3.63) is 90.2 Å². The zero-order chi connectivity index (χ0) is 21.1. The van der Waals surface area contributed by atoms with E-state index in [9.17, 15) is 0 Å². The molecule has 0 bridgehead atoms. The summed E-state index contributed by atoms with van der Waals surface area (Å²) >= 11 is 0. The van der Waals surface area contributed by atoms with Crippen LogP contribution in [0.1, 0.15) is 41.5 Å². The maximum atomic E-state index is 5.39. The zero-order valence-electron chi connectivity index (χ0n) is 19.6. The van der Waals surface area contributed by atoms with Crippen molar-refractivity contribution in [3.63, 3.8) is 0 Å². The molecule has 3 rings (SSSR count). The van der Waals surface area contributed by atoms with Crippen LogP contribution >= 0.6 is 7.92 Å². The third kappa shape index (κ3) is 6.01. The number of nitrogens with zero attached hydrogens (tertiary/aromatic N) is 1. The second-order valence-corrected chi connectivity index (χ2v) is 11.9. The molecule has 0 fully saturated rings. The summed E-state index contributed by atoms with van der Waals surface area (Å²) in [7, 11) is -0.663. The van der Waals surface area contributed by atoms with Gasteiger partial charge in [-0.15, -0.1) is 11.7 Å². The van der Waals surface area contributed by atoms with Gasteiger partial charge < -0.3 is 5.32 Å². The third-order valence-corrected chi connectivity index (χ3v) is 7.55. The molecule has 0 spiro atoms. The van der Waals surface area contributed by atoms with E-state index in [2.05, 4.69) is 126 Å². The van der Waals surface area contributed by atoms with Crippen LogP contribution in [0.25, 0.3) is 5.32 Å². The van der Waals surface area contributed by atoms with Crippen molar-refractivity contribution in [1.82, 2.24) is 0 Å². The molecule has 152 valence electrons. The smallest absolute Gasteiger partial charge is 0.680 e. The summed E-state index contributed by atoms with van der Waals surface area (Å²) in [6.07, 6.45) is 0. The van der Waals surface area contributed by atoms with Crippen LogP contribution in [-0.4, -0.2) is 6.04 Å². The molecule has 0 unspecified atom stereocenters. The molecule has 3 aromatic rings. The predicted molar refractivity (Wildman–Crippen MR) is 131 cm³/mol. The second-order valence-electron chi connectivity index (χ2n) is 9.76. The van der Waals surface area contributed by atoms with Crippen LogP contribution in [0.15, 0.2) is 84.9 Å². The first kappa shape index (κ1) is 24.8. The maximum absolute atomic E-state index is 5.39. The minimum atomic E-state index is -0.663. The monoisotopic (exact) mass is 409 g/mol. The summed E-state index contributed by atoms with van der Waals surface area (Å²) in [6.45, 7) is 13.8. The SMILES string of the molecule is CC(C)(C)C([N-]c1ccccc1P(c1ccccc1)c1ccccc1)C(C)(C)C.[Li+]. The fraction of sp³-hybridized carbons (Fsp3) is 0.333. The van der Waals surface area contributed by atoms with Crippen molar-refractivity contribution in [2.24, 2.45) is 10.8 Å². The van der Waals surface area contributed by atoms with Crippen LogP contribution < -0.4 is 34.8 Å². The molecule has 3 heteroatoms. The Morgan fingerprint density at radius 3 is 1.43 bits per heavy atom. The molecule has 0 amide bonds. The van der Waals surface area contributed by atoms with Gasteiger partial charge in [-0.3, -0.25) is 0 Å². The molecule has 1 nitrogen and oxygen atoms in total. The van der Waals surface area contributed by atoms with E-state index in [0.29, 0.717) is 0 Å². The van der Waals surface area contributed by atoms with E-state index in [0.717, 1.165) is 5.69 Å². The summed E-state index contributed by atoms with van der Waals surface area (Å²) in [6, 6.07) is 30.7. The molecule has 0 radical (unpaired) electrons. The minimum Gasteiger partial charge on any atom is -0.680 e. The molecule has 0 saturated carbocycles. The van der Waals surface area contributed by atoms with Gasteiger partial charge in [-0.05, 0) is 23.8 Å². The van der Waals surface area contributed by atoms with E-state index >= 15 is 0 Å². The van der Waals surface area contributed by atoms with Crippen molar-refractivity contribution in [2.75, 3.05) is 0 Å². The van der Waals surface area contributed by atoms with Gasteiger partial charge in [0.25, 0.3) is 0 Å². The quantitative estimate of drug-likeness (QED) is 0.448. The number of rotatable bonds is 5. The van der Waals surface area contributed by atoms with Gasteiger partial charge in [-0.25, -0.2) is 0 Å². The first-order valence-corrected chi connectivity index (χ1v) is 11.7. The molecule has 30 heavy (non-hydrogen) atoms. The average Bonchev–Trinajstić information content (AvgIpc) is 2.67. The first-order valence-electron chi connectivity index (χ1n) is 10.4. The van der Waals surface area contributed by atoms with Crippen molar-refractivity contribution in [3.8, 4) is 0 Å². The van der Waals surface area contributed by atoms with E-state index in [1.807, 2.05) is 0 Å². The van der Waals surface area contributed by atoms with Crippen LogP contribution in [-0.2, 0) is 0 Å². The zero-order valence-corrected chi connectivity index (χ0v) is 20.4. The van der Waals surface area contributed by atoms with E-state index in [4.69, 9.17) is 5.32 Å². The number of benzene rings is 3. The fourth-order valence-corrected chi connectivity index (χ4v) is 6.56. The normalized spacial score (nSPS) is 12.0. The second kappa shape index (κ2) is 10.2. The predicted octanol–water partition coefficient (Wildman–Crippen LogP) is 3.91. The summed E-state index contributed by atoms with van der Waals surface area (Å²) < 4.78 is 0. The Morgan fingerprint density at radius 2 is 1.00 bits per heavy atom. The van der Waals surface area contributed by atoms with Crippen molar-refractivity contribution < 1.29 is 18.9 Å². The number of hydrogen-bond acceptors (Lipinski definition) is 0. The van der Waals surface area contributed by atoms with Crippen LogP contribution in [0, 0.1) is 10.8 Å². The topological polar surface area (TPSA) is 14.1 Å². The summed E-state index contributed by atoms with van der Waals surface area (Å²) in [5.41, 5.74) is 1.31. The molecule has 0 aliphatic carbocycles. The Bertz CT molecular complexity index is 857. The van der Waals surface area contributed by atoms with Gasteiger partial charge in [0.1, 0.15) is 0 Å². The molecular formula is C27H33LiNP. The Balaban J connectivity index is 0.00000320. The van der Waals surface area contributed by atoms with Gasteiger partial charge in [0.2, 0.25) is 0 Å². The molecule has 0 aliphatic rings. The van der Waals surface area contributed by atoms with Crippen LogP contribution in [0.2, 0.25) is 0 Å². The molecule has 0 aromatic heterocycles. The summed E-state index contributed by atoms with van der Waals surface area (Å²) in [5, 5.41) is 9.44. The van der Waals surface area contributed by atoms with E-state index in [1.165, 1.54) is 15.9 Å². The van der Waals surface area contributed by atoms with Gasteiger partial charge in [0, 0.05) is 0 Å². The Morgan fingerprint density at radius 1 is 0.600 bits per heavy atom. The van der Waals surface area contributed by atoms with E-state index < -0.39 is 7.92 Å². The molecule has 0 heterocycles.